The number of aliphatic hydroxyl groups is 1. The lowest BCUT2D eigenvalue weighted by Gasteiger charge is -2.38. The Bertz CT molecular complexity index is 604. The van der Waals surface area contributed by atoms with E-state index in [4.69, 9.17) is 16.3 Å². The lowest BCUT2D eigenvalue weighted by molar-refractivity contribution is 0.0574. The Balaban J connectivity index is 1.97. The Morgan fingerprint density at radius 1 is 1.41 bits per heavy atom. The molecule has 120 valence electrons. The van der Waals surface area contributed by atoms with Gasteiger partial charge in [-0.05, 0) is 27.2 Å². The van der Waals surface area contributed by atoms with Gasteiger partial charge in [0.2, 0.25) is 0 Å². The first kappa shape index (κ1) is 15.3. The third-order valence-corrected chi connectivity index (χ3v) is 3.87. The molecule has 1 N–H and O–H groups in total. The minimum atomic E-state index is -0.594. The average Bonchev–Trinajstić information content (AvgIpc) is 2.76. The van der Waals surface area contributed by atoms with Gasteiger partial charge in [-0.1, -0.05) is 11.6 Å². The van der Waals surface area contributed by atoms with Gasteiger partial charge in [-0.3, -0.25) is 4.90 Å². The highest BCUT2D eigenvalue weighted by molar-refractivity contribution is 6.29. The van der Waals surface area contributed by atoms with Crippen LogP contribution in [0.5, 0.6) is 0 Å². The molecule has 0 aromatic carbocycles. The highest BCUT2D eigenvalue weighted by atomic mass is 35.5. The number of ether oxygens (including phenoxy) is 1. The summed E-state index contributed by atoms with van der Waals surface area (Å²) in [6.45, 7) is 6.36. The number of carbonyl (C=O) groups excluding carboxylic acids is 1. The molecule has 0 bridgehead atoms. The Morgan fingerprint density at radius 3 is 2.82 bits per heavy atom. The number of aromatic nitrogens is 2. The molecule has 1 amide bonds. The fraction of sp³-hybridized carbons (Fsp3) is 0.643. The molecule has 0 radical (unpaired) electrons. The van der Waals surface area contributed by atoms with E-state index in [0.29, 0.717) is 31.0 Å². The third kappa shape index (κ3) is 2.83. The summed E-state index contributed by atoms with van der Waals surface area (Å²) in [4.78, 5) is 16.0. The van der Waals surface area contributed by atoms with Crippen molar-refractivity contribution in [3.63, 3.8) is 0 Å². The fourth-order valence-electron chi connectivity index (χ4n) is 2.89. The number of hydrogen-bond acceptors (Lipinski definition) is 6. The minimum Gasteiger partial charge on any atom is -0.443 e. The maximum Gasteiger partial charge on any atom is 0.416 e. The van der Waals surface area contributed by atoms with Crippen LogP contribution in [0.4, 0.5) is 16.3 Å². The lowest BCUT2D eigenvalue weighted by atomic mass is 10.1. The Labute approximate surface area is 133 Å². The number of hydrogen-bond donors (Lipinski definition) is 1. The SMILES string of the molecule is CC(C)(C)OC(=O)N1C[C@@H]2C[C@@H](O)CN2c2cc(Cl)nnc21. The number of aliphatic hydroxyl groups excluding tert-OH is 1. The number of halogens is 1. The maximum atomic E-state index is 12.5. The Morgan fingerprint density at radius 2 is 2.14 bits per heavy atom. The molecule has 0 unspecified atom stereocenters. The predicted molar refractivity (Wildman–Crippen MR) is 82.4 cm³/mol. The van der Waals surface area contributed by atoms with Crippen LogP contribution in [-0.2, 0) is 4.74 Å². The number of rotatable bonds is 0. The number of carbonyl (C=O) groups is 1. The van der Waals surface area contributed by atoms with Gasteiger partial charge in [0.1, 0.15) is 5.60 Å². The molecule has 1 aromatic rings. The van der Waals surface area contributed by atoms with Gasteiger partial charge in [-0.15, -0.1) is 10.2 Å². The van der Waals surface area contributed by atoms with Crippen molar-refractivity contribution in [1.82, 2.24) is 10.2 Å². The van der Waals surface area contributed by atoms with Gasteiger partial charge in [-0.25, -0.2) is 4.79 Å². The van der Waals surface area contributed by atoms with Gasteiger partial charge in [-0.2, -0.15) is 0 Å². The molecular formula is C14H19ClN4O3. The summed E-state index contributed by atoms with van der Waals surface area (Å²) in [5.74, 6) is 0.420. The van der Waals surface area contributed by atoms with Crippen molar-refractivity contribution in [2.24, 2.45) is 0 Å². The van der Waals surface area contributed by atoms with E-state index in [1.54, 1.807) is 6.07 Å². The zero-order valence-electron chi connectivity index (χ0n) is 12.8. The second kappa shape index (κ2) is 5.24. The van der Waals surface area contributed by atoms with Crippen molar-refractivity contribution < 1.29 is 14.6 Å². The van der Waals surface area contributed by atoms with Gasteiger partial charge in [0.05, 0.1) is 18.3 Å². The second-order valence-electron chi connectivity index (χ2n) is 6.66. The predicted octanol–water partition coefficient (Wildman–Crippen LogP) is 1.82. The zero-order valence-corrected chi connectivity index (χ0v) is 13.5. The van der Waals surface area contributed by atoms with Gasteiger partial charge >= 0.3 is 6.09 Å². The standard InChI is InChI=1S/C14H19ClN4O3/c1-14(2,3)22-13(21)19-6-8-4-9(20)7-18(8)10-5-11(15)16-17-12(10)19/h5,8-9,20H,4,6-7H2,1-3H3/t8-,9+/m0/s1. The fourth-order valence-corrected chi connectivity index (χ4v) is 3.03. The number of amides is 1. The molecule has 7 nitrogen and oxygen atoms in total. The summed E-state index contributed by atoms with van der Waals surface area (Å²) in [5.41, 5.74) is 0.113. The van der Waals surface area contributed by atoms with E-state index >= 15 is 0 Å². The van der Waals surface area contributed by atoms with Crippen LogP contribution >= 0.6 is 11.6 Å². The number of fused-ring (bicyclic) bond motifs is 3. The van der Waals surface area contributed by atoms with Gasteiger partial charge < -0.3 is 14.7 Å². The largest absolute Gasteiger partial charge is 0.443 e. The molecule has 1 saturated heterocycles. The summed E-state index contributed by atoms with van der Waals surface area (Å²) < 4.78 is 5.44. The quantitative estimate of drug-likeness (QED) is 0.783. The van der Waals surface area contributed by atoms with Crippen LogP contribution in [0.15, 0.2) is 6.07 Å². The average molecular weight is 327 g/mol. The summed E-state index contributed by atoms with van der Waals surface area (Å²) in [6, 6.07) is 1.70. The van der Waals surface area contributed by atoms with E-state index in [2.05, 4.69) is 10.2 Å². The van der Waals surface area contributed by atoms with Crippen LogP contribution in [0.25, 0.3) is 0 Å². The first-order valence-electron chi connectivity index (χ1n) is 7.23. The highest BCUT2D eigenvalue weighted by Crippen LogP contribution is 2.39. The van der Waals surface area contributed by atoms with E-state index in [-0.39, 0.29) is 11.2 Å². The van der Waals surface area contributed by atoms with E-state index in [1.807, 2.05) is 25.7 Å². The minimum absolute atomic E-state index is 0.0234. The molecule has 22 heavy (non-hydrogen) atoms. The van der Waals surface area contributed by atoms with Crippen LogP contribution in [-0.4, -0.2) is 52.2 Å². The summed E-state index contributed by atoms with van der Waals surface area (Å²) in [7, 11) is 0. The molecule has 3 rings (SSSR count). The maximum absolute atomic E-state index is 12.5. The molecule has 0 aliphatic carbocycles. The first-order chi connectivity index (χ1) is 10.2. The van der Waals surface area contributed by atoms with E-state index in [0.717, 1.165) is 0 Å². The summed E-state index contributed by atoms with van der Waals surface area (Å²) in [5, 5.41) is 18.1. The van der Waals surface area contributed by atoms with Gasteiger partial charge in [0, 0.05) is 18.7 Å². The molecule has 2 aliphatic rings. The Hall–Kier alpha value is -1.60. The molecular weight excluding hydrogens is 308 g/mol. The Kier molecular flexibility index (Phi) is 3.65. The molecule has 2 atom stereocenters. The van der Waals surface area contributed by atoms with Crippen LogP contribution in [0, 0.1) is 0 Å². The van der Waals surface area contributed by atoms with Crippen LogP contribution < -0.4 is 9.80 Å². The highest BCUT2D eigenvalue weighted by Gasteiger charge is 2.42. The van der Waals surface area contributed by atoms with Crippen LogP contribution in [0.3, 0.4) is 0 Å². The van der Waals surface area contributed by atoms with Crippen molar-refractivity contribution >= 4 is 29.2 Å². The molecule has 2 aliphatic heterocycles. The smallest absolute Gasteiger partial charge is 0.416 e. The van der Waals surface area contributed by atoms with Crippen molar-refractivity contribution in [2.75, 3.05) is 22.9 Å². The molecule has 1 fully saturated rings. The first-order valence-corrected chi connectivity index (χ1v) is 7.61. The number of anilines is 2. The van der Waals surface area contributed by atoms with E-state index in [1.165, 1.54) is 4.90 Å². The van der Waals surface area contributed by atoms with Crippen LogP contribution in [0.1, 0.15) is 27.2 Å². The summed E-state index contributed by atoms with van der Waals surface area (Å²) in [6.07, 6.45) is -0.298. The normalized spacial score (nSPS) is 24.0. The van der Waals surface area contributed by atoms with E-state index < -0.39 is 17.8 Å². The molecule has 1 aromatic heterocycles. The monoisotopic (exact) mass is 326 g/mol. The number of nitrogens with zero attached hydrogens (tertiary/aromatic N) is 4. The van der Waals surface area contributed by atoms with Gasteiger partial charge in [0.25, 0.3) is 0 Å². The van der Waals surface area contributed by atoms with Crippen molar-refractivity contribution in [1.29, 1.82) is 0 Å². The molecule has 0 saturated carbocycles. The topological polar surface area (TPSA) is 78.8 Å². The van der Waals surface area contributed by atoms with Crippen LogP contribution in [0.2, 0.25) is 5.15 Å². The van der Waals surface area contributed by atoms with Gasteiger partial charge in [0.15, 0.2) is 11.0 Å². The summed E-state index contributed by atoms with van der Waals surface area (Å²) >= 11 is 5.94. The zero-order chi connectivity index (χ0) is 16.1. The van der Waals surface area contributed by atoms with E-state index in [9.17, 15) is 9.90 Å². The molecule has 0 spiro atoms. The third-order valence-electron chi connectivity index (χ3n) is 3.69. The lowest BCUT2D eigenvalue weighted by Crippen LogP contribution is -2.50. The second-order valence-corrected chi connectivity index (χ2v) is 7.05. The molecule has 3 heterocycles. The van der Waals surface area contributed by atoms with Crippen molar-refractivity contribution in [3.8, 4) is 0 Å². The van der Waals surface area contributed by atoms with Crippen molar-refractivity contribution in [3.05, 3.63) is 11.2 Å². The van der Waals surface area contributed by atoms with Crippen molar-refractivity contribution in [2.45, 2.75) is 44.9 Å². The molecule has 8 heteroatoms.